The van der Waals surface area contributed by atoms with Gasteiger partial charge in [0.1, 0.15) is 0 Å². The molecule has 0 spiro atoms. The molecular weight excluding hydrogens is 188 g/mol. The van der Waals surface area contributed by atoms with Gasteiger partial charge in [-0.3, -0.25) is 4.21 Å². The van der Waals surface area contributed by atoms with Crippen LogP contribution in [-0.4, -0.2) is 9.96 Å². The Morgan fingerprint density at radius 1 is 1.50 bits per heavy atom. The van der Waals surface area contributed by atoms with E-state index in [1.807, 2.05) is 17.5 Å². The highest BCUT2D eigenvalue weighted by Gasteiger charge is 2.02. The Morgan fingerprint density at radius 3 is 2.92 bits per heavy atom. The summed E-state index contributed by atoms with van der Waals surface area (Å²) in [4.78, 5) is 0. The Balaban J connectivity index is 2.30. The van der Waals surface area contributed by atoms with E-state index in [-0.39, 0.29) is 0 Å². The summed E-state index contributed by atoms with van der Waals surface area (Å²) in [5.41, 5.74) is 0. The fraction of sp³-hybridized carbons (Fsp3) is 0.556. The van der Waals surface area contributed by atoms with E-state index in [0.717, 1.165) is 16.4 Å². The molecule has 3 heteroatoms. The summed E-state index contributed by atoms with van der Waals surface area (Å²) < 4.78 is 12.5. The topological polar surface area (TPSA) is 17.1 Å². The zero-order valence-corrected chi connectivity index (χ0v) is 8.92. The van der Waals surface area contributed by atoms with Crippen molar-refractivity contribution in [1.29, 1.82) is 0 Å². The molecule has 0 aliphatic rings. The monoisotopic (exact) mass is 202 g/mol. The van der Waals surface area contributed by atoms with E-state index in [1.165, 1.54) is 12.8 Å². The molecule has 1 unspecified atom stereocenters. The molecule has 0 aliphatic heterocycles. The highest BCUT2D eigenvalue weighted by molar-refractivity contribution is 7.87. The maximum atomic E-state index is 11.5. The van der Waals surface area contributed by atoms with E-state index in [4.69, 9.17) is 0 Å². The zero-order valence-electron chi connectivity index (χ0n) is 7.29. The largest absolute Gasteiger partial charge is 0.254 e. The average Bonchev–Trinajstić information content (AvgIpc) is 2.56. The molecule has 1 aromatic rings. The summed E-state index contributed by atoms with van der Waals surface area (Å²) in [6.45, 7) is 2.16. The number of rotatable bonds is 5. The first-order valence-corrected chi connectivity index (χ1v) is 6.46. The molecule has 0 aromatic carbocycles. The van der Waals surface area contributed by atoms with Gasteiger partial charge in [0, 0.05) is 5.75 Å². The molecule has 0 bridgehead atoms. The summed E-state index contributed by atoms with van der Waals surface area (Å²) in [5, 5.41) is 1.98. The summed E-state index contributed by atoms with van der Waals surface area (Å²) in [6.07, 6.45) is 3.47. The maximum absolute atomic E-state index is 11.5. The van der Waals surface area contributed by atoms with E-state index < -0.39 is 10.8 Å². The molecule has 12 heavy (non-hydrogen) atoms. The van der Waals surface area contributed by atoms with Gasteiger partial charge in [0.05, 0.1) is 15.0 Å². The van der Waals surface area contributed by atoms with Gasteiger partial charge in [-0.1, -0.05) is 25.8 Å². The van der Waals surface area contributed by atoms with Gasteiger partial charge in [-0.05, 0) is 17.9 Å². The molecule has 0 amide bonds. The van der Waals surface area contributed by atoms with Gasteiger partial charge in [0.2, 0.25) is 0 Å². The molecule has 1 aromatic heterocycles. The van der Waals surface area contributed by atoms with E-state index >= 15 is 0 Å². The van der Waals surface area contributed by atoms with Gasteiger partial charge in [-0.15, -0.1) is 11.3 Å². The van der Waals surface area contributed by atoms with Crippen molar-refractivity contribution in [1.82, 2.24) is 0 Å². The molecule has 0 saturated heterocycles. The number of hydrogen-bond donors (Lipinski definition) is 0. The molecule has 1 atom stereocenters. The third kappa shape index (κ3) is 3.07. The maximum Gasteiger partial charge on any atom is 0.0910 e. The van der Waals surface area contributed by atoms with Crippen LogP contribution in [0.15, 0.2) is 21.7 Å². The summed E-state index contributed by atoms with van der Waals surface area (Å²) in [6, 6.07) is 3.91. The molecule has 0 saturated carbocycles. The van der Waals surface area contributed by atoms with Crippen molar-refractivity contribution in [2.75, 3.05) is 5.75 Å². The Morgan fingerprint density at radius 2 is 2.33 bits per heavy atom. The van der Waals surface area contributed by atoms with Gasteiger partial charge in [0.15, 0.2) is 0 Å². The quantitative estimate of drug-likeness (QED) is 0.671. The molecule has 1 nitrogen and oxygen atoms in total. The lowest BCUT2D eigenvalue weighted by Gasteiger charge is -1.96. The zero-order chi connectivity index (χ0) is 8.81. The van der Waals surface area contributed by atoms with Crippen LogP contribution in [0.25, 0.3) is 0 Å². The molecule has 1 rings (SSSR count). The van der Waals surface area contributed by atoms with Crippen molar-refractivity contribution >= 4 is 22.1 Å². The van der Waals surface area contributed by atoms with Crippen molar-refractivity contribution < 1.29 is 4.21 Å². The summed E-state index contributed by atoms with van der Waals surface area (Å²) in [5.74, 6) is 0.828. The minimum atomic E-state index is -0.735. The number of unbranched alkanes of at least 4 members (excludes halogenated alkanes) is 2. The second kappa shape index (κ2) is 5.49. The minimum absolute atomic E-state index is 0.735. The summed E-state index contributed by atoms with van der Waals surface area (Å²) >= 11 is 1.59. The van der Waals surface area contributed by atoms with Crippen LogP contribution in [0.4, 0.5) is 0 Å². The van der Waals surface area contributed by atoms with Gasteiger partial charge < -0.3 is 0 Å². The lowest BCUT2D eigenvalue weighted by Crippen LogP contribution is -1.95. The Bertz CT molecular complexity index is 229. The first-order valence-electron chi connectivity index (χ1n) is 4.26. The third-order valence-corrected chi connectivity index (χ3v) is 4.41. The molecule has 68 valence electrons. The third-order valence-electron chi connectivity index (χ3n) is 1.65. The smallest absolute Gasteiger partial charge is 0.0910 e. The van der Waals surface area contributed by atoms with Crippen LogP contribution < -0.4 is 0 Å². The number of hydrogen-bond acceptors (Lipinski definition) is 2. The van der Waals surface area contributed by atoms with Gasteiger partial charge in [-0.25, -0.2) is 0 Å². The lowest BCUT2D eigenvalue weighted by atomic mass is 10.3. The fourth-order valence-corrected chi connectivity index (χ4v) is 3.17. The van der Waals surface area contributed by atoms with Crippen molar-refractivity contribution in [3.8, 4) is 0 Å². The standard InChI is InChI=1S/C9H14OS2/c1-2-3-4-8-12(10)9-6-5-7-11-9/h5-7H,2-4,8H2,1H3. The molecule has 0 fully saturated rings. The van der Waals surface area contributed by atoms with Crippen molar-refractivity contribution in [3.05, 3.63) is 17.5 Å². The molecule has 1 heterocycles. The average molecular weight is 202 g/mol. The molecule has 0 radical (unpaired) electrons. The van der Waals surface area contributed by atoms with Crippen LogP contribution in [0.5, 0.6) is 0 Å². The van der Waals surface area contributed by atoms with Gasteiger partial charge in [0.25, 0.3) is 0 Å². The van der Waals surface area contributed by atoms with E-state index in [9.17, 15) is 4.21 Å². The van der Waals surface area contributed by atoms with Crippen LogP contribution in [0, 0.1) is 0 Å². The van der Waals surface area contributed by atoms with Crippen LogP contribution >= 0.6 is 11.3 Å². The minimum Gasteiger partial charge on any atom is -0.254 e. The first kappa shape index (κ1) is 9.93. The van der Waals surface area contributed by atoms with Crippen LogP contribution in [0.3, 0.4) is 0 Å². The van der Waals surface area contributed by atoms with Crippen LogP contribution in [-0.2, 0) is 10.8 Å². The normalized spacial score (nSPS) is 13.1. The van der Waals surface area contributed by atoms with Crippen molar-refractivity contribution in [3.63, 3.8) is 0 Å². The summed E-state index contributed by atoms with van der Waals surface area (Å²) in [7, 11) is -0.735. The fourth-order valence-electron chi connectivity index (χ4n) is 0.977. The molecule has 0 aliphatic carbocycles. The first-order chi connectivity index (χ1) is 5.84. The van der Waals surface area contributed by atoms with E-state index in [2.05, 4.69) is 6.92 Å². The predicted molar refractivity (Wildman–Crippen MR) is 55.1 cm³/mol. The van der Waals surface area contributed by atoms with Crippen LogP contribution in [0.2, 0.25) is 0 Å². The van der Waals surface area contributed by atoms with Crippen LogP contribution in [0.1, 0.15) is 26.2 Å². The van der Waals surface area contributed by atoms with E-state index in [0.29, 0.717) is 0 Å². The van der Waals surface area contributed by atoms with E-state index in [1.54, 1.807) is 11.3 Å². The highest BCUT2D eigenvalue weighted by Crippen LogP contribution is 2.14. The van der Waals surface area contributed by atoms with Crippen molar-refractivity contribution in [2.45, 2.75) is 30.4 Å². The molecular formula is C9H14OS2. The van der Waals surface area contributed by atoms with Gasteiger partial charge in [-0.2, -0.15) is 0 Å². The highest BCUT2D eigenvalue weighted by atomic mass is 32.2. The second-order valence-corrected chi connectivity index (χ2v) is 5.43. The Hall–Kier alpha value is -0.150. The predicted octanol–water partition coefficient (Wildman–Crippen LogP) is 3.05. The number of thiophene rings is 1. The van der Waals surface area contributed by atoms with Gasteiger partial charge >= 0.3 is 0 Å². The Kier molecular flexibility index (Phi) is 4.54. The Labute approximate surface area is 80.3 Å². The second-order valence-electron chi connectivity index (χ2n) is 2.69. The SMILES string of the molecule is CCCCCS(=O)c1cccs1. The molecule has 0 N–H and O–H groups in total. The lowest BCUT2D eigenvalue weighted by molar-refractivity contribution is 0.677. The van der Waals surface area contributed by atoms with Crippen molar-refractivity contribution in [2.24, 2.45) is 0 Å².